The first-order valence-corrected chi connectivity index (χ1v) is 22.6. The number of allylic oxidation sites excluding steroid dienone is 14. The van der Waals surface area contributed by atoms with E-state index in [9.17, 15) is 19.5 Å². The van der Waals surface area contributed by atoms with E-state index in [4.69, 9.17) is 14.2 Å². The number of carbonyl (C=O) groups excluding carboxylic acids is 3. The summed E-state index contributed by atoms with van der Waals surface area (Å²) in [6.45, 7) is 4.45. The van der Waals surface area contributed by atoms with Gasteiger partial charge in [0.25, 0.3) is 0 Å². The van der Waals surface area contributed by atoms with Crippen molar-refractivity contribution >= 4 is 17.9 Å². The number of likely N-dealkylation sites (N-methyl/N-ethyl adjacent to an activating group) is 1. The van der Waals surface area contributed by atoms with E-state index in [1.54, 1.807) is 21.1 Å². The molecule has 2 unspecified atom stereocenters. The molecule has 58 heavy (non-hydrogen) atoms. The third kappa shape index (κ3) is 38.1. The van der Waals surface area contributed by atoms with Crippen molar-refractivity contribution in [2.45, 2.75) is 174 Å². The van der Waals surface area contributed by atoms with Crippen molar-refractivity contribution in [3.05, 3.63) is 85.1 Å². The molecule has 0 aromatic heterocycles. The Kier molecular flexibility index (Phi) is 37.9. The van der Waals surface area contributed by atoms with Gasteiger partial charge in [-0.05, 0) is 83.5 Å². The van der Waals surface area contributed by atoms with Crippen LogP contribution < -0.4 is 5.11 Å². The van der Waals surface area contributed by atoms with Crippen LogP contribution in [-0.2, 0) is 28.6 Å². The maximum atomic E-state index is 12.7. The highest BCUT2D eigenvalue weighted by Crippen LogP contribution is 2.12. The first-order chi connectivity index (χ1) is 28.1. The van der Waals surface area contributed by atoms with Gasteiger partial charge in [-0.2, -0.15) is 0 Å². The highest BCUT2D eigenvalue weighted by atomic mass is 16.6. The van der Waals surface area contributed by atoms with E-state index >= 15 is 0 Å². The summed E-state index contributed by atoms with van der Waals surface area (Å²) < 4.78 is 17.1. The summed E-state index contributed by atoms with van der Waals surface area (Å²) in [5, 5.41) is 11.6. The van der Waals surface area contributed by atoms with Gasteiger partial charge in [0.2, 0.25) is 0 Å². The third-order valence-electron chi connectivity index (χ3n) is 9.54. The van der Waals surface area contributed by atoms with Crippen LogP contribution in [0, 0.1) is 0 Å². The molecule has 0 radical (unpaired) electrons. The maximum Gasteiger partial charge on any atom is 0.306 e. The maximum absolute atomic E-state index is 12.7. The first kappa shape index (κ1) is 54.5. The molecule has 0 aliphatic carbocycles. The van der Waals surface area contributed by atoms with Gasteiger partial charge in [0.1, 0.15) is 12.6 Å². The lowest BCUT2D eigenvalue weighted by atomic mass is 10.1. The highest BCUT2D eigenvalue weighted by molar-refractivity contribution is 5.70. The standard InChI is InChI=1S/C50H83NO7/c1-6-8-10-12-14-16-18-20-22-23-24-25-27-28-30-32-34-36-38-40-48(52)57-45-46(44-56-43-42-47(50(54)55)51(3,4)5)58-49(53)41-39-37-35-33-31-29-26-21-19-17-15-13-11-9-7-2/h8,10,14-17,19-22,24-25,28,30,46-47H,6-7,9,11-13,18,23,26-27,29,31-45H2,1-5H3/b10-8+,16-14+,17-15+,21-19+,22-20+,25-24+,30-28+. The van der Waals surface area contributed by atoms with Gasteiger partial charge in [0.15, 0.2) is 6.10 Å². The van der Waals surface area contributed by atoms with Gasteiger partial charge in [-0.25, -0.2) is 0 Å². The molecule has 0 bridgehead atoms. The van der Waals surface area contributed by atoms with Crippen molar-refractivity contribution in [2.75, 3.05) is 41.0 Å². The molecular weight excluding hydrogens is 727 g/mol. The smallest absolute Gasteiger partial charge is 0.306 e. The molecule has 8 heteroatoms. The molecule has 0 heterocycles. The number of esters is 2. The normalized spacial score (nSPS) is 13.7. The van der Waals surface area contributed by atoms with Gasteiger partial charge >= 0.3 is 11.9 Å². The average Bonchev–Trinajstić information content (AvgIpc) is 3.18. The molecule has 0 N–H and O–H groups in total. The third-order valence-corrected chi connectivity index (χ3v) is 9.54. The highest BCUT2D eigenvalue weighted by Gasteiger charge is 2.25. The van der Waals surface area contributed by atoms with Gasteiger partial charge < -0.3 is 28.6 Å². The summed E-state index contributed by atoms with van der Waals surface area (Å²) in [7, 11) is 5.38. The van der Waals surface area contributed by atoms with E-state index in [1.165, 1.54) is 32.1 Å². The van der Waals surface area contributed by atoms with Crippen molar-refractivity contribution in [1.82, 2.24) is 0 Å². The summed E-state index contributed by atoms with van der Waals surface area (Å²) in [6, 6.07) is -0.737. The number of nitrogens with zero attached hydrogens (tertiary/aromatic N) is 1. The first-order valence-electron chi connectivity index (χ1n) is 22.6. The minimum Gasteiger partial charge on any atom is -0.544 e. The molecule has 0 aromatic carbocycles. The van der Waals surface area contributed by atoms with Gasteiger partial charge in [-0.3, -0.25) is 9.59 Å². The van der Waals surface area contributed by atoms with E-state index < -0.39 is 18.1 Å². The summed E-state index contributed by atoms with van der Waals surface area (Å²) >= 11 is 0. The second kappa shape index (κ2) is 40.3. The van der Waals surface area contributed by atoms with E-state index in [2.05, 4.69) is 98.9 Å². The lowest BCUT2D eigenvalue weighted by Gasteiger charge is -2.34. The predicted molar refractivity (Wildman–Crippen MR) is 240 cm³/mol. The van der Waals surface area contributed by atoms with Crippen LogP contribution in [0.3, 0.4) is 0 Å². The van der Waals surface area contributed by atoms with Crippen LogP contribution in [0.4, 0.5) is 0 Å². The minimum absolute atomic E-state index is 0.0201. The zero-order valence-corrected chi connectivity index (χ0v) is 37.4. The summed E-state index contributed by atoms with van der Waals surface area (Å²) in [6.07, 6.45) is 51.7. The predicted octanol–water partition coefficient (Wildman–Crippen LogP) is 11.2. The Balaban J connectivity index is 4.43. The van der Waals surface area contributed by atoms with Crippen molar-refractivity contribution in [3.8, 4) is 0 Å². The second-order valence-electron chi connectivity index (χ2n) is 15.9. The second-order valence-corrected chi connectivity index (χ2v) is 15.9. The van der Waals surface area contributed by atoms with Gasteiger partial charge in [-0.1, -0.05) is 144 Å². The number of carbonyl (C=O) groups is 3. The number of rotatable bonds is 39. The van der Waals surface area contributed by atoms with E-state index in [0.29, 0.717) is 12.8 Å². The van der Waals surface area contributed by atoms with Crippen molar-refractivity contribution in [1.29, 1.82) is 0 Å². The van der Waals surface area contributed by atoms with Gasteiger partial charge in [-0.15, -0.1) is 0 Å². The van der Waals surface area contributed by atoms with Gasteiger partial charge in [0.05, 0.1) is 40.3 Å². The number of hydrogen-bond donors (Lipinski definition) is 0. The van der Waals surface area contributed by atoms with Crippen LogP contribution in [0.25, 0.3) is 0 Å². The fourth-order valence-corrected chi connectivity index (χ4v) is 6.03. The van der Waals surface area contributed by atoms with Gasteiger partial charge in [0, 0.05) is 19.3 Å². The Morgan fingerprint density at radius 3 is 1.55 bits per heavy atom. The summed E-state index contributed by atoms with van der Waals surface area (Å²) in [5.41, 5.74) is 0. The van der Waals surface area contributed by atoms with Crippen LogP contribution in [0.5, 0.6) is 0 Å². The van der Waals surface area contributed by atoms with Crippen LogP contribution in [0.1, 0.15) is 162 Å². The summed E-state index contributed by atoms with van der Waals surface area (Å²) in [4.78, 5) is 36.9. The fraction of sp³-hybridized carbons (Fsp3) is 0.660. The van der Waals surface area contributed by atoms with Crippen LogP contribution >= 0.6 is 0 Å². The fourth-order valence-electron chi connectivity index (χ4n) is 6.03. The molecule has 0 saturated carbocycles. The number of hydrogen-bond acceptors (Lipinski definition) is 7. The molecule has 0 aliphatic heterocycles. The van der Waals surface area contributed by atoms with Crippen molar-refractivity contribution in [3.63, 3.8) is 0 Å². The minimum atomic E-state index is -1.14. The number of quaternary nitrogens is 1. The van der Waals surface area contributed by atoms with Crippen LogP contribution in [0.15, 0.2) is 85.1 Å². The molecule has 0 spiro atoms. The number of carboxylic acids is 1. The molecule has 8 nitrogen and oxygen atoms in total. The topological polar surface area (TPSA) is 102 Å². The molecule has 2 atom stereocenters. The van der Waals surface area contributed by atoms with E-state index in [0.717, 1.165) is 96.3 Å². The Labute approximate surface area is 354 Å². The zero-order valence-electron chi connectivity index (χ0n) is 37.4. The molecule has 0 aliphatic rings. The molecule has 0 fully saturated rings. The SMILES string of the molecule is CC/C=C/C/C=C/C/C=C/C/C=C/C/C=C/CCCCCC(=O)OCC(COCCC(C(=O)[O-])[N+](C)(C)C)OC(=O)CCCCCCCC/C=C/C=C/CCCCC. The zero-order chi connectivity index (χ0) is 42.8. The molecule has 0 rings (SSSR count). The van der Waals surface area contributed by atoms with E-state index in [-0.39, 0.29) is 42.7 Å². The number of aliphatic carboxylic acids is 1. The Bertz CT molecular complexity index is 1220. The molecule has 0 amide bonds. The Morgan fingerprint density at radius 2 is 1.02 bits per heavy atom. The van der Waals surface area contributed by atoms with Crippen molar-refractivity contribution < 1.29 is 38.2 Å². The molecular formula is C50H83NO7. The number of ether oxygens (including phenoxy) is 3. The van der Waals surface area contributed by atoms with Crippen molar-refractivity contribution in [2.24, 2.45) is 0 Å². The Morgan fingerprint density at radius 1 is 0.552 bits per heavy atom. The Hall–Kier alpha value is -3.49. The largest absolute Gasteiger partial charge is 0.544 e. The average molecular weight is 810 g/mol. The molecule has 330 valence electrons. The van der Waals surface area contributed by atoms with E-state index in [1.807, 2.05) is 0 Å². The number of unbranched alkanes of at least 4 members (excludes halogenated alkanes) is 12. The number of carboxylic acid groups (broad SMARTS) is 1. The lowest BCUT2D eigenvalue weighted by molar-refractivity contribution is -0.889. The monoisotopic (exact) mass is 810 g/mol. The van der Waals surface area contributed by atoms with Crippen LogP contribution in [-0.4, -0.2) is 75.5 Å². The quantitative estimate of drug-likeness (QED) is 0.0200. The van der Waals surface area contributed by atoms with Crippen LogP contribution in [0.2, 0.25) is 0 Å². The molecule has 0 saturated heterocycles. The lowest BCUT2D eigenvalue weighted by Crippen LogP contribution is -2.55. The molecule has 0 aromatic rings. The summed E-state index contributed by atoms with van der Waals surface area (Å²) in [5.74, 6) is -1.80.